The van der Waals surface area contributed by atoms with Crippen molar-refractivity contribution in [1.82, 2.24) is 4.90 Å². The third-order valence-corrected chi connectivity index (χ3v) is 2.37. The minimum Gasteiger partial charge on any atom is -0.481 e. The van der Waals surface area contributed by atoms with E-state index >= 15 is 0 Å². The van der Waals surface area contributed by atoms with Crippen LogP contribution in [-0.4, -0.2) is 42.8 Å². The molecule has 0 saturated heterocycles. The number of rotatable bonds is 8. The van der Waals surface area contributed by atoms with Crippen LogP contribution >= 0.6 is 0 Å². The highest BCUT2D eigenvalue weighted by Crippen LogP contribution is 2.01. The molecule has 0 unspecified atom stereocenters. The minimum atomic E-state index is -0.817. The lowest BCUT2D eigenvalue weighted by atomic mass is 10.2. The maximum atomic E-state index is 10.2. The van der Waals surface area contributed by atoms with Crippen LogP contribution in [0.4, 0.5) is 0 Å². The normalized spacial score (nSPS) is 10.7. The van der Waals surface area contributed by atoms with Gasteiger partial charge in [-0.05, 0) is 12.6 Å². The summed E-state index contributed by atoms with van der Waals surface area (Å²) in [7, 11) is 2.02. The highest BCUT2D eigenvalue weighted by atomic mass is 16.5. The smallest absolute Gasteiger partial charge is 0.305 e. The second-order valence-corrected chi connectivity index (χ2v) is 3.98. The Hall–Kier alpha value is -1.39. The molecule has 1 N–H and O–H groups in total. The van der Waals surface area contributed by atoms with Gasteiger partial charge in [-0.1, -0.05) is 30.3 Å². The molecule has 0 aliphatic heterocycles. The van der Waals surface area contributed by atoms with Crippen LogP contribution in [0.3, 0.4) is 0 Å². The highest BCUT2D eigenvalue weighted by Gasteiger charge is 2.00. The molecule has 0 spiro atoms. The van der Waals surface area contributed by atoms with E-state index in [0.717, 1.165) is 13.1 Å². The number of benzene rings is 1. The van der Waals surface area contributed by atoms with Crippen molar-refractivity contribution in [2.75, 3.05) is 26.8 Å². The van der Waals surface area contributed by atoms with Crippen molar-refractivity contribution in [3.8, 4) is 0 Å². The zero-order valence-corrected chi connectivity index (χ0v) is 10.1. The van der Waals surface area contributed by atoms with Crippen molar-refractivity contribution < 1.29 is 14.6 Å². The van der Waals surface area contributed by atoms with Crippen molar-refractivity contribution in [1.29, 1.82) is 0 Å². The zero-order valence-electron chi connectivity index (χ0n) is 10.1. The summed E-state index contributed by atoms with van der Waals surface area (Å²) in [6.07, 6.45) is 0.0718. The number of carbonyl (C=O) groups is 1. The summed E-state index contributed by atoms with van der Waals surface area (Å²) in [6, 6.07) is 10.2. The number of hydrogen-bond donors (Lipinski definition) is 1. The van der Waals surface area contributed by atoms with Crippen LogP contribution in [0.5, 0.6) is 0 Å². The van der Waals surface area contributed by atoms with Gasteiger partial charge in [0.2, 0.25) is 0 Å². The molecule has 0 aromatic heterocycles. The molecular weight excluding hydrogens is 218 g/mol. The van der Waals surface area contributed by atoms with Gasteiger partial charge in [0.05, 0.1) is 19.6 Å². The van der Waals surface area contributed by atoms with E-state index in [2.05, 4.69) is 17.0 Å². The zero-order chi connectivity index (χ0) is 12.5. The number of nitrogens with zero attached hydrogens (tertiary/aromatic N) is 1. The summed E-state index contributed by atoms with van der Waals surface area (Å²) in [6.45, 7) is 2.53. The quantitative estimate of drug-likeness (QED) is 0.698. The van der Waals surface area contributed by atoms with E-state index in [1.54, 1.807) is 0 Å². The lowest BCUT2D eigenvalue weighted by Crippen LogP contribution is -2.23. The third-order valence-electron chi connectivity index (χ3n) is 2.37. The predicted molar refractivity (Wildman–Crippen MR) is 65.8 cm³/mol. The summed E-state index contributed by atoms with van der Waals surface area (Å²) in [4.78, 5) is 12.4. The number of carboxylic acids is 1. The molecule has 0 amide bonds. The maximum Gasteiger partial charge on any atom is 0.305 e. The van der Waals surface area contributed by atoms with Crippen LogP contribution in [0.1, 0.15) is 12.0 Å². The van der Waals surface area contributed by atoms with Crippen LogP contribution < -0.4 is 0 Å². The van der Waals surface area contributed by atoms with Crippen molar-refractivity contribution in [2.45, 2.75) is 13.0 Å². The SMILES string of the molecule is CN(CCOCCC(=O)O)Cc1ccccc1. The van der Waals surface area contributed by atoms with E-state index in [0.29, 0.717) is 6.61 Å². The molecule has 1 aromatic carbocycles. The van der Waals surface area contributed by atoms with Crippen LogP contribution in [-0.2, 0) is 16.1 Å². The minimum absolute atomic E-state index is 0.0718. The Labute approximate surface area is 102 Å². The molecular formula is C13H19NO3. The van der Waals surface area contributed by atoms with E-state index in [4.69, 9.17) is 9.84 Å². The molecule has 4 nitrogen and oxygen atoms in total. The standard InChI is InChI=1S/C13H19NO3/c1-14(8-10-17-9-7-13(15)16)11-12-5-3-2-4-6-12/h2-6H,7-11H2,1H3,(H,15,16). The average Bonchev–Trinajstić information content (AvgIpc) is 2.29. The maximum absolute atomic E-state index is 10.2. The second-order valence-electron chi connectivity index (χ2n) is 3.98. The van der Waals surface area contributed by atoms with Gasteiger partial charge in [0, 0.05) is 13.1 Å². The Morgan fingerprint density at radius 3 is 2.65 bits per heavy atom. The molecule has 0 bridgehead atoms. The molecule has 1 aromatic rings. The first-order valence-corrected chi connectivity index (χ1v) is 5.70. The van der Waals surface area contributed by atoms with E-state index < -0.39 is 5.97 Å². The number of carboxylic acid groups (broad SMARTS) is 1. The van der Waals surface area contributed by atoms with Crippen molar-refractivity contribution in [3.63, 3.8) is 0 Å². The number of aliphatic carboxylic acids is 1. The summed E-state index contributed by atoms with van der Waals surface area (Å²) in [5.41, 5.74) is 1.26. The first kappa shape index (κ1) is 13.7. The van der Waals surface area contributed by atoms with Crippen molar-refractivity contribution in [3.05, 3.63) is 35.9 Å². The second kappa shape index (κ2) is 7.81. The largest absolute Gasteiger partial charge is 0.481 e. The molecule has 0 fully saturated rings. The summed E-state index contributed by atoms with van der Waals surface area (Å²) in [5.74, 6) is -0.817. The summed E-state index contributed by atoms with van der Waals surface area (Å²) < 4.78 is 5.23. The topological polar surface area (TPSA) is 49.8 Å². The number of likely N-dealkylation sites (N-methyl/N-ethyl adjacent to an activating group) is 1. The summed E-state index contributed by atoms with van der Waals surface area (Å²) in [5, 5.41) is 8.43. The van der Waals surface area contributed by atoms with Crippen LogP contribution in [0.15, 0.2) is 30.3 Å². The van der Waals surface area contributed by atoms with E-state index in [9.17, 15) is 4.79 Å². The van der Waals surface area contributed by atoms with Gasteiger partial charge in [-0.3, -0.25) is 9.69 Å². The van der Waals surface area contributed by atoms with Gasteiger partial charge in [0.25, 0.3) is 0 Å². The van der Waals surface area contributed by atoms with Gasteiger partial charge in [0.1, 0.15) is 0 Å². The molecule has 0 atom stereocenters. The Morgan fingerprint density at radius 1 is 1.29 bits per heavy atom. The lowest BCUT2D eigenvalue weighted by Gasteiger charge is -2.16. The Bertz CT molecular complexity index is 327. The molecule has 0 aliphatic rings. The molecule has 0 heterocycles. The third kappa shape index (κ3) is 6.71. The van der Waals surface area contributed by atoms with Gasteiger partial charge < -0.3 is 9.84 Å². The van der Waals surface area contributed by atoms with E-state index in [1.807, 2.05) is 25.2 Å². The lowest BCUT2D eigenvalue weighted by molar-refractivity contribution is -0.138. The van der Waals surface area contributed by atoms with Gasteiger partial charge >= 0.3 is 5.97 Å². The number of ether oxygens (including phenoxy) is 1. The van der Waals surface area contributed by atoms with Crippen LogP contribution in [0, 0.1) is 0 Å². The van der Waals surface area contributed by atoms with E-state index in [-0.39, 0.29) is 13.0 Å². The summed E-state index contributed by atoms with van der Waals surface area (Å²) >= 11 is 0. The Morgan fingerprint density at radius 2 is 2.00 bits per heavy atom. The van der Waals surface area contributed by atoms with E-state index in [1.165, 1.54) is 5.56 Å². The number of hydrogen-bond acceptors (Lipinski definition) is 3. The van der Waals surface area contributed by atoms with Crippen molar-refractivity contribution in [2.24, 2.45) is 0 Å². The Kier molecular flexibility index (Phi) is 6.29. The first-order chi connectivity index (χ1) is 8.18. The molecule has 0 aliphatic carbocycles. The highest BCUT2D eigenvalue weighted by molar-refractivity contribution is 5.66. The molecule has 0 saturated carbocycles. The first-order valence-electron chi connectivity index (χ1n) is 5.70. The van der Waals surface area contributed by atoms with Crippen LogP contribution in [0.25, 0.3) is 0 Å². The van der Waals surface area contributed by atoms with Gasteiger partial charge in [0.15, 0.2) is 0 Å². The Balaban J connectivity index is 2.09. The fourth-order valence-corrected chi connectivity index (χ4v) is 1.46. The predicted octanol–water partition coefficient (Wildman–Crippen LogP) is 1.61. The monoisotopic (exact) mass is 237 g/mol. The van der Waals surface area contributed by atoms with Crippen LogP contribution in [0.2, 0.25) is 0 Å². The fraction of sp³-hybridized carbons (Fsp3) is 0.462. The van der Waals surface area contributed by atoms with Gasteiger partial charge in [-0.2, -0.15) is 0 Å². The average molecular weight is 237 g/mol. The molecule has 0 radical (unpaired) electrons. The molecule has 17 heavy (non-hydrogen) atoms. The molecule has 4 heteroatoms. The van der Waals surface area contributed by atoms with Gasteiger partial charge in [-0.15, -0.1) is 0 Å². The van der Waals surface area contributed by atoms with Crippen molar-refractivity contribution >= 4 is 5.97 Å². The van der Waals surface area contributed by atoms with Gasteiger partial charge in [-0.25, -0.2) is 0 Å². The molecule has 1 rings (SSSR count). The molecule has 94 valence electrons. The fourth-order valence-electron chi connectivity index (χ4n) is 1.46.